The highest BCUT2D eigenvalue weighted by atomic mass is 13.9. The Labute approximate surface area is 87.1 Å². The van der Waals surface area contributed by atoms with Crippen LogP contribution in [0.15, 0.2) is 23.8 Å². The number of hydrogen-bond acceptors (Lipinski definition) is 0. The van der Waals surface area contributed by atoms with Gasteiger partial charge in [-0.25, -0.2) is 0 Å². The van der Waals surface area contributed by atoms with Crippen LogP contribution in [0.1, 0.15) is 39.0 Å². The summed E-state index contributed by atoms with van der Waals surface area (Å²) >= 11 is 0. The van der Waals surface area contributed by atoms with Gasteiger partial charge in [0.25, 0.3) is 0 Å². The van der Waals surface area contributed by atoms with E-state index in [0.29, 0.717) is 0 Å². The summed E-state index contributed by atoms with van der Waals surface area (Å²) in [5.41, 5.74) is 2.13. The van der Waals surface area contributed by atoms with E-state index in [1.807, 2.05) is 6.92 Å². The van der Waals surface area contributed by atoms with E-state index in [0.717, 1.165) is 43.3 Å². The molecule has 0 aromatic carbocycles. The third kappa shape index (κ3) is 4.58. The molecule has 0 aromatic rings. The van der Waals surface area contributed by atoms with E-state index >= 15 is 0 Å². The Morgan fingerprint density at radius 1 is 1.14 bits per heavy atom. The maximum absolute atomic E-state index is 3.91. The van der Waals surface area contributed by atoms with Gasteiger partial charge >= 0.3 is 0 Å². The monoisotopic (exact) mass is 184 g/mol. The minimum atomic E-state index is 0.841. The van der Waals surface area contributed by atoms with E-state index < -0.39 is 0 Å². The molecule has 1 aliphatic rings. The Morgan fingerprint density at radius 2 is 1.79 bits per heavy atom. The highest BCUT2D eigenvalue weighted by Crippen LogP contribution is 2.04. The molecule has 0 bridgehead atoms. The molecule has 0 fully saturated rings. The molecule has 1 rings (SSSR count). The molecule has 0 saturated heterocycles. The average Bonchev–Trinajstić information content (AvgIpc) is 2.17. The topological polar surface area (TPSA) is 0 Å². The summed E-state index contributed by atoms with van der Waals surface area (Å²) in [6.45, 7) is 5.95. The molecule has 1 aliphatic carbocycles. The van der Waals surface area contributed by atoms with Crippen LogP contribution in [0.4, 0.5) is 0 Å². The fourth-order valence-electron chi connectivity index (χ4n) is 1.19. The second kappa shape index (κ2) is 6.11. The zero-order valence-electron chi connectivity index (χ0n) is 8.82. The third-order valence-electron chi connectivity index (χ3n) is 2.06. The van der Waals surface area contributed by atoms with E-state index in [9.17, 15) is 0 Å². The molecule has 0 unspecified atom stereocenters. The lowest BCUT2D eigenvalue weighted by atomic mass is 10.1. The Kier molecular flexibility index (Phi) is 4.66. The summed E-state index contributed by atoms with van der Waals surface area (Å²) in [7, 11) is 0. The molecule has 0 heterocycles. The second-order valence-electron chi connectivity index (χ2n) is 3.51. The molecular weight excluding hydrogens is 168 g/mol. The molecule has 0 spiro atoms. The molecule has 14 heavy (non-hydrogen) atoms. The van der Waals surface area contributed by atoms with Crippen molar-refractivity contribution in [2.45, 2.75) is 39.0 Å². The molecule has 72 valence electrons. The lowest BCUT2D eigenvalue weighted by Crippen LogP contribution is -1.79. The molecular formula is C14H16. The van der Waals surface area contributed by atoms with Crippen molar-refractivity contribution in [3.05, 3.63) is 23.8 Å². The smallest absolute Gasteiger partial charge is 0.00926 e. The minimum Gasteiger partial charge on any atom is -0.0983 e. The largest absolute Gasteiger partial charge is 0.0983 e. The first kappa shape index (κ1) is 10.7. The summed E-state index contributed by atoms with van der Waals surface area (Å²) in [6, 6.07) is 0. The van der Waals surface area contributed by atoms with E-state index in [-0.39, 0.29) is 0 Å². The van der Waals surface area contributed by atoms with Gasteiger partial charge in [-0.3, -0.25) is 0 Å². The second-order valence-corrected chi connectivity index (χ2v) is 3.51. The molecule has 0 aliphatic heterocycles. The van der Waals surface area contributed by atoms with Gasteiger partial charge in [0.05, 0.1) is 0 Å². The van der Waals surface area contributed by atoms with Crippen LogP contribution in [0.2, 0.25) is 0 Å². The van der Waals surface area contributed by atoms with E-state index in [1.54, 1.807) is 0 Å². The quantitative estimate of drug-likeness (QED) is 0.506. The van der Waals surface area contributed by atoms with Gasteiger partial charge in [-0.1, -0.05) is 36.3 Å². The molecule has 0 radical (unpaired) electrons. The van der Waals surface area contributed by atoms with Crippen LogP contribution in [0.5, 0.6) is 0 Å². The van der Waals surface area contributed by atoms with Crippen LogP contribution in [0.25, 0.3) is 0 Å². The summed E-state index contributed by atoms with van der Waals surface area (Å²) in [5, 5.41) is 0. The van der Waals surface area contributed by atoms with Gasteiger partial charge < -0.3 is 0 Å². The molecule has 0 atom stereocenters. The maximum atomic E-state index is 3.91. The Morgan fingerprint density at radius 3 is 2.50 bits per heavy atom. The first-order chi connectivity index (χ1) is 6.79. The van der Waals surface area contributed by atoms with Crippen LogP contribution in [-0.2, 0) is 0 Å². The first-order valence-electron chi connectivity index (χ1n) is 5.11. The maximum Gasteiger partial charge on any atom is 0.00926 e. The molecule has 0 aromatic heterocycles. The summed E-state index contributed by atoms with van der Waals surface area (Å²) in [6.07, 6.45) is 7.22. The van der Waals surface area contributed by atoms with Gasteiger partial charge in [-0.2, -0.15) is 0 Å². The third-order valence-corrected chi connectivity index (χ3v) is 2.06. The van der Waals surface area contributed by atoms with Crippen molar-refractivity contribution < 1.29 is 0 Å². The molecule has 0 nitrogen and oxygen atoms in total. The van der Waals surface area contributed by atoms with Gasteiger partial charge in [0.15, 0.2) is 0 Å². The molecule has 0 N–H and O–H groups in total. The van der Waals surface area contributed by atoms with E-state index in [4.69, 9.17) is 0 Å². The number of hydrogen-bond donors (Lipinski definition) is 0. The SMILES string of the molecule is C=C1C#CCCCCC#C/C(C)=C/C1. The fraction of sp³-hybridized carbons (Fsp3) is 0.429. The zero-order chi connectivity index (χ0) is 10.2. The molecule has 0 saturated carbocycles. The predicted molar refractivity (Wildman–Crippen MR) is 61.5 cm³/mol. The number of rotatable bonds is 0. The van der Waals surface area contributed by atoms with Gasteiger partial charge in [-0.15, -0.1) is 0 Å². The summed E-state index contributed by atoms with van der Waals surface area (Å²) < 4.78 is 0. The zero-order valence-corrected chi connectivity index (χ0v) is 8.82. The van der Waals surface area contributed by atoms with Crippen molar-refractivity contribution in [1.82, 2.24) is 0 Å². The van der Waals surface area contributed by atoms with Crippen LogP contribution in [-0.4, -0.2) is 0 Å². The van der Waals surface area contributed by atoms with Gasteiger partial charge in [0.1, 0.15) is 0 Å². The van der Waals surface area contributed by atoms with Gasteiger partial charge in [0.2, 0.25) is 0 Å². The Bertz CT molecular complexity index is 347. The molecule has 0 amide bonds. The van der Waals surface area contributed by atoms with Crippen molar-refractivity contribution in [2.24, 2.45) is 0 Å². The molecule has 0 heteroatoms. The highest BCUT2D eigenvalue weighted by Gasteiger charge is 1.89. The Hall–Kier alpha value is -1.40. The van der Waals surface area contributed by atoms with Crippen LogP contribution >= 0.6 is 0 Å². The first-order valence-corrected chi connectivity index (χ1v) is 5.11. The Balaban J connectivity index is 2.68. The van der Waals surface area contributed by atoms with Crippen molar-refractivity contribution >= 4 is 0 Å². The van der Waals surface area contributed by atoms with Crippen molar-refractivity contribution in [1.29, 1.82) is 0 Å². The van der Waals surface area contributed by atoms with Crippen molar-refractivity contribution in [3.8, 4) is 23.7 Å². The van der Waals surface area contributed by atoms with Crippen LogP contribution < -0.4 is 0 Å². The lowest BCUT2D eigenvalue weighted by Gasteiger charge is -1.94. The van der Waals surface area contributed by atoms with Gasteiger partial charge in [-0.05, 0) is 37.3 Å². The normalized spacial score (nSPS) is 21.2. The summed E-state index contributed by atoms with van der Waals surface area (Å²) in [4.78, 5) is 0. The van der Waals surface area contributed by atoms with Gasteiger partial charge in [0, 0.05) is 12.8 Å². The number of allylic oxidation sites excluding steroid dienone is 3. The lowest BCUT2D eigenvalue weighted by molar-refractivity contribution is 0.782. The van der Waals surface area contributed by atoms with Crippen molar-refractivity contribution in [3.63, 3.8) is 0 Å². The fourth-order valence-corrected chi connectivity index (χ4v) is 1.19. The van der Waals surface area contributed by atoms with Crippen molar-refractivity contribution in [2.75, 3.05) is 0 Å². The van der Waals surface area contributed by atoms with E-state index in [1.165, 1.54) is 0 Å². The van der Waals surface area contributed by atoms with Crippen LogP contribution in [0, 0.1) is 23.7 Å². The van der Waals surface area contributed by atoms with Crippen LogP contribution in [0.3, 0.4) is 0 Å². The standard InChI is InChI=1S/C14H16/c1-13-9-7-5-3-4-6-8-10-14(2)12-11-13/h12H,1,3-6,11H2,2H3/b14-12+. The van der Waals surface area contributed by atoms with E-state index in [2.05, 4.69) is 36.3 Å². The summed E-state index contributed by atoms with van der Waals surface area (Å²) in [5.74, 6) is 12.5. The minimum absolute atomic E-state index is 0.841. The highest BCUT2D eigenvalue weighted by molar-refractivity contribution is 5.32. The predicted octanol–water partition coefficient (Wildman–Crippen LogP) is 3.46. The average molecular weight is 184 g/mol.